The molecule has 1 aromatic carbocycles. The summed E-state index contributed by atoms with van der Waals surface area (Å²) in [5.41, 5.74) is 0.968. The van der Waals surface area contributed by atoms with Crippen molar-refractivity contribution in [3.05, 3.63) is 29.8 Å². The third-order valence-corrected chi connectivity index (χ3v) is 4.91. The van der Waals surface area contributed by atoms with E-state index in [2.05, 4.69) is 0 Å². The summed E-state index contributed by atoms with van der Waals surface area (Å²) >= 11 is 0. The van der Waals surface area contributed by atoms with Gasteiger partial charge < -0.3 is 5.11 Å². The van der Waals surface area contributed by atoms with E-state index < -0.39 is 21.9 Å². The van der Waals surface area contributed by atoms with Crippen LogP contribution in [0.25, 0.3) is 0 Å². The molecule has 5 heteroatoms. The van der Waals surface area contributed by atoms with Gasteiger partial charge in [0.05, 0.1) is 22.7 Å². The molecule has 106 valence electrons. The molecule has 1 aromatic rings. The minimum atomic E-state index is -3.56. The minimum Gasteiger partial charge on any atom is -0.393 e. The Morgan fingerprint density at radius 1 is 1.26 bits per heavy atom. The number of hydrogen-bond donors (Lipinski definition) is 1. The molecule has 0 fully saturated rings. The van der Waals surface area contributed by atoms with Gasteiger partial charge in [-0.05, 0) is 26.0 Å². The Bertz CT molecular complexity index is 529. The highest BCUT2D eigenvalue weighted by Crippen LogP contribution is 2.18. The predicted molar refractivity (Wildman–Crippen MR) is 73.7 cm³/mol. The second-order valence-corrected chi connectivity index (χ2v) is 6.80. The van der Waals surface area contributed by atoms with Crippen molar-refractivity contribution in [2.24, 2.45) is 5.92 Å². The SMILES string of the molecule is CCC(=O)[C@@H](CS(=O)(=O)c1ccc(C)cc1)[C@H](C)O. The van der Waals surface area contributed by atoms with Crippen LogP contribution in [-0.2, 0) is 14.6 Å². The summed E-state index contributed by atoms with van der Waals surface area (Å²) in [6.07, 6.45) is -0.744. The van der Waals surface area contributed by atoms with E-state index in [0.29, 0.717) is 0 Å². The number of aryl methyl sites for hydroxylation is 1. The molecule has 0 amide bonds. The lowest BCUT2D eigenvalue weighted by Crippen LogP contribution is -2.32. The number of aliphatic hydroxyl groups is 1. The molecular weight excluding hydrogens is 264 g/mol. The standard InChI is InChI=1S/C14H20O4S/c1-4-14(16)13(11(3)15)9-19(17,18)12-7-5-10(2)6-8-12/h5-8,11,13,15H,4,9H2,1-3H3/t11-,13-/m0/s1. The van der Waals surface area contributed by atoms with Gasteiger partial charge in [-0.2, -0.15) is 0 Å². The van der Waals surface area contributed by atoms with E-state index in [4.69, 9.17) is 0 Å². The molecule has 0 aromatic heterocycles. The van der Waals surface area contributed by atoms with Gasteiger partial charge in [0.15, 0.2) is 9.84 Å². The van der Waals surface area contributed by atoms with Gasteiger partial charge in [0.1, 0.15) is 5.78 Å². The molecule has 1 N–H and O–H groups in total. The van der Waals surface area contributed by atoms with E-state index in [1.54, 1.807) is 19.1 Å². The van der Waals surface area contributed by atoms with Crippen LogP contribution in [0, 0.1) is 12.8 Å². The number of sulfone groups is 1. The monoisotopic (exact) mass is 284 g/mol. The largest absolute Gasteiger partial charge is 0.393 e. The van der Waals surface area contributed by atoms with Crippen LogP contribution < -0.4 is 0 Å². The molecule has 0 unspecified atom stereocenters. The van der Waals surface area contributed by atoms with E-state index >= 15 is 0 Å². The number of ketones is 1. The minimum absolute atomic E-state index is 0.188. The molecule has 0 aliphatic rings. The zero-order valence-electron chi connectivity index (χ0n) is 11.5. The zero-order valence-corrected chi connectivity index (χ0v) is 12.3. The van der Waals surface area contributed by atoms with Gasteiger partial charge in [-0.1, -0.05) is 24.6 Å². The third kappa shape index (κ3) is 4.14. The van der Waals surface area contributed by atoms with Gasteiger partial charge in [-0.3, -0.25) is 4.79 Å². The van der Waals surface area contributed by atoms with Gasteiger partial charge in [0.25, 0.3) is 0 Å². The van der Waals surface area contributed by atoms with Crippen molar-refractivity contribution in [2.75, 3.05) is 5.75 Å². The average molecular weight is 284 g/mol. The summed E-state index contributed by atoms with van der Waals surface area (Å²) in [4.78, 5) is 11.9. The predicted octanol–water partition coefficient (Wildman–Crippen LogP) is 1.74. The van der Waals surface area contributed by atoms with Crippen molar-refractivity contribution in [3.8, 4) is 0 Å². The fourth-order valence-electron chi connectivity index (χ4n) is 1.84. The summed E-state index contributed by atoms with van der Waals surface area (Å²) in [7, 11) is -3.56. The molecule has 0 spiro atoms. The van der Waals surface area contributed by atoms with Crippen LogP contribution in [0.3, 0.4) is 0 Å². The first-order valence-corrected chi connectivity index (χ1v) is 7.93. The number of carbonyl (C=O) groups is 1. The molecule has 1 rings (SSSR count). The fraction of sp³-hybridized carbons (Fsp3) is 0.500. The second-order valence-electron chi connectivity index (χ2n) is 4.76. The van der Waals surface area contributed by atoms with Crippen molar-refractivity contribution in [2.45, 2.75) is 38.2 Å². The fourth-order valence-corrected chi connectivity index (χ4v) is 3.52. The Hall–Kier alpha value is -1.20. The summed E-state index contributed by atoms with van der Waals surface area (Å²) < 4.78 is 24.4. The van der Waals surface area contributed by atoms with Crippen molar-refractivity contribution in [1.29, 1.82) is 0 Å². The molecule has 4 nitrogen and oxygen atoms in total. The van der Waals surface area contributed by atoms with E-state index in [-0.39, 0.29) is 22.9 Å². The Morgan fingerprint density at radius 3 is 2.21 bits per heavy atom. The highest BCUT2D eigenvalue weighted by Gasteiger charge is 2.29. The molecule has 2 atom stereocenters. The highest BCUT2D eigenvalue weighted by molar-refractivity contribution is 7.91. The molecule has 0 saturated carbocycles. The summed E-state index contributed by atoms with van der Waals surface area (Å²) in [6, 6.07) is 6.48. The summed E-state index contributed by atoms with van der Waals surface area (Å²) in [5, 5.41) is 9.58. The first-order valence-electron chi connectivity index (χ1n) is 6.28. The Morgan fingerprint density at radius 2 is 1.79 bits per heavy atom. The second kappa shape index (κ2) is 6.30. The van der Waals surface area contributed by atoms with Crippen LogP contribution in [0.2, 0.25) is 0 Å². The molecular formula is C14H20O4S. The molecule has 0 saturated heterocycles. The normalized spacial score (nSPS) is 14.9. The molecule has 0 radical (unpaired) electrons. The van der Waals surface area contributed by atoms with Crippen molar-refractivity contribution in [3.63, 3.8) is 0 Å². The molecule has 19 heavy (non-hydrogen) atoms. The Labute approximate surface area is 114 Å². The van der Waals surface area contributed by atoms with E-state index in [9.17, 15) is 18.3 Å². The lowest BCUT2D eigenvalue weighted by atomic mass is 9.99. The third-order valence-electron chi connectivity index (χ3n) is 3.12. The lowest BCUT2D eigenvalue weighted by molar-refractivity contribution is -0.124. The van der Waals surface area contributed by atoms with Crippen LogP contribution in [0.15, 0.2) is 29.2 Å². The van der Waals surface area contributed by atoms with Gasteiger partial charge >= 0.3 is 0 Å². The number of benzene rings is 1. The number of aliphatic hydroxyl groups excluding tert-OH is 1. The lowest BCUT2D eigenvalue weighted by Gasteiger charge is -2.18. The molecule has 0 aliphatic heterocycles. The maximum atomic E-state index is 12.2. The van der Waals surface area contributed by atoms with E-state index in [1.165, 1.54) is 19.1 Å². The van der Waals surface area contributed by atoms with Gasteiger partial charge in [0.2, 0.25) is 0 Å². The average Bonchev–Trinajstić information content (AvgIpc) is 2.35. The van der Waals surface area contributed by atoms with Crippen LogP contribution in [-0.4, -0.2) is 31.2 Å². The summed E-state index contributed by atoms with van der Waals surface area (Å²) in [6.45, 7) is 4.98. The Kier molecular flexibility index (Phi) is 5.26. The van der Waals surface area contributed by atoms with Crippen molar-refractivity contribution < 1.29 is 18.3 Å². The van der Waals surface area contributed by atoms with Gasteiger partial charge in [-0.25, -0.2) is 8.42 Å². The molecule has 0 bridgehead atoms. The number of Topliss-reactive ketones (excluding diaryl/α,β-unsaturated/α-hetero) is 1. The first-order chi connectivity index (χ1) is 8.77. The van der Waals surface area contributed by atoms with Crippen LogP contribution in [0.1, 0.15) is 25.8 Å². The number of hydrogen-bond acceptors (Lipinski definition) is 4. The van der Waals surface area contributed by atoms with Crippen molar-refractivity contribution >= 4 is 15.6 Å². The van der Waals surface area contributed by atoms with E-state index in [0.717, 1.165) is 5.56 Å². The summed E-state index contributed by atoms with van der Waals surface area (Å²) in [5.74, 6) is -1.44. The first kappa shape index (κ1) is 15.9. The topological polar surface area (TPSA) is 71.4 Å². The Balaban J connectivity index is 3.00. The molecule has 0 aliphatic carbocycles. The molecule has 0 heterocycles. The van der Waals surface area contributed by atoms with Crippen molar-refractivity contribution in [1.82, 2.24) is 0 Å². The highest BCUT2D eigenvalue weighted by atomic mass is 32.2. The van der Waals surface area contributed by atoms with Gasteiger partial charge in [0, 0.05) is 6.42 Å². The number of carbonyl (C=O) groups excluding carboxylic acids is 1. The smallest absolute Gasteiger partial charge is 0.179 e. The van der Waals surface area contributed by atoms with Crippen LogP contribution in [0.4, 0.5) is 0 Å². The van der Waals surface area contributed by atoms with Gasteiger partial charge in [-0.15, -0.1) is 0 Å². The number of rotatable bonds is 6. The maximum absolute atomic E-state index is 12.2. The van der Waals surface area contributed by atoms with Crippen LogP contribution >= 0.6 is 0 Å². The van der Waals surface area contributed by atoms with E-state index in [1.807, 2.05) is 6.92 Å². The maximum Gasteiger partial charge on any atom is 0.179 e. The quantitative estimate of drug-likeness (QED) is 0.863. The van der Waals surface area contributed by atoms with Crippen LogP contribution in [0.5, 0.6) is 0 Å². The zero-order chi connectivity index (χ0) is 14.6.